The van der Waals surface area contributed by atoms with E-state index in [1.807, 2.05) is 6.26 Å². The third-order valence-corrected chi connectivity index (χ3v) is 4.72. The number of nitrogens with one attached hydrogen (secondary N) is 1. The number of carboxylic acids is 1. The molecule has 120 valence electrons. The third kappa shape index (κ3) is 5.39. The SMILES string of the molecule is CSCCC(NC(=O)N1CCN(CC2CC2)CC1)C(=O)O. The van der Waals surface area contributed by atoms with E-state index in [1.165, 1.54) is 12.8 Å². The van der Waals surface area contributed by atoms with Gasteiger partial charge in [-0.25, -0.2) is 9.59 Å². The normalized spacial score (nSPS) is 21.1. The molecule has 2 rings (SSSR count). The Balaban J connectivity index is 1.73. The number of piperazine rings is 1. The number of aliphatic carboxylic acids is 1. The van der Waals surface area contributed by atoms with Crippen molar-refractivity contribution in [2.45, 2.75) is 25.3 Å². The summed E-state index contributed by atoms with van der Waals surface area (Å²) < 4.78 is 0. The van der Waals surface area contributed by atoms with Crippen molar-refractivity contribution in [1.29, 1.82) is 0 Å². The summed E-state index contributed by atoms with van der Waals surface area (Å²) in [4.78, 5) is 27.4. The fourth-order valence-electron chi connectivity index (χ4n) is 2.53. The van der Waals surface area contributed by atoms with Gasteiger partial charge in [-0.15, -0.1) is 0 Å². The summed E-state index contributed by atoms with van der Waals surface area (Å²) in [7, 11) is 0. The fraction of sp³-hybridized carbons (Fsp3) is 0.857. The minimum absolute atomic E-state index is 0.241. The molecule has 0 bridgehead atoms. The van der Waals surface area contributed by atoms with E-state index in [4.69, 9.17) is 5.11 Å². The molecule has 1 atom stereocenters. The summed E-state index contributed by atoms with van der Waals surface area (Å²) in [6, 6.07) is -1.02. The molecule has 1 saturated carbocycles. The molecule has 2 amide bonds. The predicted molar refractivity (Wildman–Crippen MR) is 83.7 cm³/mol. The van der Waals surface area contributed by atoms with Crippen LogP contribution in [0.1, 0.15) is 19.3 Å². The zero-order chi connectivity index (χ0) is 15.2. The maximum atomic E-state index is 12.1. The summed E-state index contributed by atoms with van der Waals surface area (Å²) in [5.41, 5.74) is 0. The highest BCUT2D eigenvalue weighted by Gasteiger charge is 2.29. The fourth-order valence-corrected chi connectivity index (χ4v) is 3.00. The molecule has 1 heterocycles. The first-order valence-corrected chi connectivity index (χ1v) is 8.99. The van der Waals surface area contributed by atoms with Crippen molar-refractivity contribution in [3.8, 4) is 0 Å². The second-order valence-electron chi connectivity index (χ2n) is 5.85. The summed E-state index contributed by atoms with van der Waals surface area (Å²) >= 11 is 1.59. The summed E-state index contributed by atoms with van der Waals surface area (Å²) in [5.74, 6) is 0.643. The second kappa shape index (κ2) is 7.89. The maximum absolute atomic E-state index is 12.1. The smallest absolute Gasteiger partial charge is 0.326 e. The van der Waals surface area contributed by atoms with Crippen LogP contribution in [0, 0.1) is 5.92 Å². The molecule has 0 aromatic heterocycles. The Kier molecular flexibility index (Phi) is 6.17. The summed E-state index contributed by atoms with van der Waals surface area (Å²) in [6.45, 7) is 4.32. The van der Waals surface area contributed by atoms with Gasteiger partial charge in [-0.05, 0) is 37.2 Å². The molecule has 1 unspecified atom stereocenters. The van der Waals surface area contributed by atoms with Crippen LogP contribution in [-0.4, -0.2) is 77.7 Å². The van der Waals surface area contributed by atoms with Gasteiger partial charge >= 0.3 is 12.0 Å². The molecule has 0 aromatic rings. The van der Waals surface area contributed by atoms with Gasteiger partial charge in [0.1, 0.15) is 6.04 Å². The average molecular weight is 315 g/mol. The highest BCUT2D eigenvalue weighted by Crippen LogP contribution is 2.29. The van der Waals surface area contributed by atoms with E-state index in [9.17, 15) is 9.59 Å². The van der Waals surface area contributed by atoms with Crippen molar-refractivity contribution in [3.63, 3.8) is 0 Å². The van der Waals surface area contributed by atoms with Gasteiger partial charge in [-0.2, -0.15) is 11.8 Å². The van der Waals surface area contributed by atoms with Gasteiger partial charge in [-0.1, -0.05) is 0 Å². The predicted octanol–water partition coefficient (Wildman–Crippen LogP) is 0.930. The lowest BCUT2D eigenvalue weighted by Crippen LogP contribution is -2.54. The van der Waals surface area contributed by atoms with Crippen LogP contribution in [0.2, 0.25) is 0 Å². The van der Waals surface area contributed by atoms with Crippen molar-refractivity contribution in [3.05, 3.63) is 0 Å². The summed E-state index contributed by atoms with van der Waals surface area (Å²) in [5, 5.41) is 11.8. The topological polar surface area (TPSA) is 72.9 Å². The van der Waals surface area contributed by atoms with E-state index < -0.39 is 12.0 Å². The molecule has 2 aliphatic rings. The van der Waals surface area contributed by atoms with Crippen LogP contribution < -0.4 is 5.32 Å². The molecular formula is C14H25N3O3S. The van der Waals surface area contributed by atoms with Crippen molar-refractivity contribution in [2.75, 3.05) is 44.7 Å². The van der Waals surface area contributed by atoms with Crippen LogP contribution in [0.5, 0.6) is 0 Å². The van der Waals surface area contributed by atoms with Crippen molar-refractivity contribution < 1.29 is 14.7 Å². The minimum Gasteiger partial charge on any atom is -0.480 e. The Bertz CT molecular complexity index is 368. The molecule has 6 nitrogen and oxygen atoms in total. The van der Waals surface area contributed by atoms with Crippen molar-refractivity contribution in [2.24, 2.45) is 5.92 Å². The van der Waals surface area contributed by atoms with Gasteiger partial charge in [-0.3, -0.25) is 4.90 Å². The van der Waals surface area contributed by atoms with E-state index in [2.05, 4.69) is 10.2 Å². The van der Waals surface area contributed by atoms with Crippen LogP contribution in [0.3, 0.4) is 0 Å². The third-order valence-electron chi connectivity index (χ3n) is 4.08. The number of urea groups is 1. The number of carbonyl (C=O) groups excluding carboxylic acids is 1. The van der Waals surface area contributed by atoms with E-state index in [1.54, 1.807) is 16.7 Å². The number of hydrogen-bond donors (Lipinski definition) is 2. The van der Waals surface area contributed by atoms with Crippen LogP contribution >= 0.6 is 11.8 Å². The zero-order valence-electron chi connectivity index (χ0n) is 12.6. The Hall–Kier alpha value is -0.950. The van der Waals surface area contributed by atoms with E-state index in [-0.39, 0.29) is 6.03 Å². The number of rotatable bonds is 7. The van der Waals surface area contributed by atoms with Crippen LogP contribution in [0.15, 0.2) is 0 Å². The molecule has 1 aliphatic heterocycles. The van der Waals surface area contributed by atoms with Gasteiger partial charge in [0.15, 0.2) is 0 Å². The van der Waals surface area contributed by atoms with E-state index in [0.29, 0.717) is 19.5 Å². The maximum Gasteiger partial charge on any atom is 0.326 e. The number of hydrogen-bond acceptors (Lipinski definition) is 4. The van der Waals surface area contributed by atoms with Crippen LogP contribution in [0.4, 0.5) is 4.79 Å². The molecule has 2 fully saturated rings. The summed E-state index contributed by atoms with van der Waals surface area (Å²) in [6.07, 6.45) is 5.08. The van der Waals surface area contributed by atoms with Gasteiger partial charge in [0.25, 0.3) is 0 Å². The molecule has 0 aromatic carbocycles. The first-order valence-electron chi connectivity index (χ1n) is 7.59. The molecule has 0 radical (unpaired) electrons. The first kappa shape index (κ1) is 16.4. The lowest BCUT2D eigenvalue weighted by Gasteiger charge is -2.35. The molecule has 1 saturated heterocycles. The molecule has 2 N–H and O–H groups in total. The molecule has 7 heteroatoms. The largest absolute Gasteiger partial charge is 0.480 e. The average Bonchev–Trinajstić information content (AvgIpc) is 3.27. The van der Waals surface area contributed by atoms with Crippen molar-refractivity contribution in [1.82, 2.24) is 15.1 Å². The van der Waals surface area contributed by atoms with Gasteiger partial charge in [0, 0.05) is 32.7 Å². The zero-order valence-corrected chi connectivity index (χ0v) is 13.4. The standard InChI is InChI=1S/C14H25N3O3S/c1-21-9-4-12(13(18)19)15-14(20)17-7-5-16(6-8-17)10-11-2-3-11/h11-12H,2-10H2,1H3,(H,15,20)(H,18,19). The van der Waals surface area contributed by atoms with Gasteiger partial charge in [0.2, 0.25) is 0 Å². The van der Waals surface area contributed by atoms with Crippen molar-refractivity contribution >= 4 is 23.8 Å². The lowest BCUT2D eigenvalue weighted by molar-refractivity contribution is -0.139. The van der Waals surface area contributed by atoms with E-state index >= 15 is 0 Å². The number of carbonyl (C=O) groups is 2. The Morgan fingerprint density at radius 3 is 2.48 bits per heavy atom. The number of thioether (sulfide) groups is 1. The highest BCUT2D eigenvalue weighted by atomic mass is 32.2. The van der Waals surface area contributed by atoms with E-state index in [0.717, 1.165) is 31.3 Å². The molecule has 21 heavy (non-hydrogen) atoms. The highest BCUT2D eigenvalue weighted by molar-refractivity contribution is 7.98. The van der Waals surface area contributed by atoms with Gasteiger partial charge < -0.3 is 15.3 Å². The number of amides is 2. The van der Waals surface area contributed by atoms with Crippen LogP contribution in [0.25, 0.3) is 0 Å². The quantitative estimate of drug-likeness (QED) is 0.731. The number of nitrogens with zero attached hydrogens (tertiary/aromatic N) is 2. The van der Waals surface area contributed by atoms with Crippen LogP contribution in [-0.2, 0) is 4.79 Å². The molecular weight excluding hydrogens is 290 g/mol. The second-order valence-corrected chi connectivity index (χ2v) is 6.84. The minimum atomic E-state index is -0.954. The Labute approximate surface area is 130 Å². The molecule has 1 aliphatic carbocycles. The number of carboxylic acid groups (broad SMARTS) is 1. The monoisotopic (exact) mass is 315 g/mol. The van der Waals surface area contributed by atoms with Gasteiger partial charge in [0.05, 0.1) is 0 Å². The lowest BCUT2D eigenvalue weighted by atomic mass is 10.2. The molecule has 0 spiro atoms. The Morgan fingerprint density at radius 2 is 1.95 bits per heavy atom. The first-order chi connectivity index (χ1) is 10.1. The Morgan fingerprint density at radius 1 is 1.29 bits per heavy atom.